The molecule has 0 amide bonds. The maximum absolute atomic E-state index is 5.31. The third-order valence-corrected chi connectivity index (χ3v) is 2.03. The Labute approximate surface area is 82.1 Å². The molecule has 0 spiro atoms. The summed E-state index contributed by atoms with van der Waals surface area (Å²) in [6.45, 7) is 3.99. The Bertz CT molecular complexity index is 140. The van der Waals surface area contributed by atoms with Crippen LogP contribution in [0.4, 0.5) is 0 Å². The van der Waals surface area contributed by atoms with Crippen molar-refractivity contribution in [1.29, 1.82) is 0 Å². The maximum atomic E-state index is 5.31. The van der Waals surface area contributed by atoms with Crippen LogP contribution in [0.15, 0.2) is 0 Å². The first-order chi connectivity index (χ1) is 6.35. The van der Waals surface area contributed by atoms with E-state index in [9.17, 15) is 0 Å². The van der Waals surface area contributed by atoms with E-state index in [-0.39, 0.29) is 6.04 Å². The molecule has 1 atom stereocenters. The quantitative estimate of drug-likeness (QED) is 0.458. The van der Waals surface area contributed by atoms with Gasteiger partial charge < -0.3 is 10.1 Å². The zero-order valence-corrected chi connectivity index (χ0v) is 8.81. The number of methoxy groups -OCH3 is 1. The molecule has 0 saturated carbocycles. The number of ether oxygens (including phenoxy) is 1. The average Bonchev–Trinajstić information content (AvgIpc) is 2.17. The summed E-state index contributed by atoms with van der Waals surface area (Å²) < 4.78 is 4.96. The number of unbranched alkanes of at least 4 members (excludes halogenated alkanes) is 2. The molecule has 76 valence electrons. The van der Waals surface area contributed by atoms with Crippen LogP contribution < -0.4 is 5.32 Å². The van der Waals surface area contributed by atoms with Gasteiger partial charge in [0.05, 0.1) is 6.04 Å². The van der Waals surface area contributed by atoms with Crippen LogP contribution in [0.5, 0.6) is 0 Å². The van der Waals surface area contributed by atoms with Gasteiger partial charge in [-0.05, 0) is 32.2 Å². The van der Waals surface area contributed by atoms with Crippen LogP contribution >= 0.6 is 0 Å². The molecule has 0 fully saturated rings. The number of hydrogen-bond donors (Lipinski definition) is 1. The van der Waals surface area contributed by atoms with Gasteiger partial charge in [0.15, 0.2) is 0 Å². The Kier molecular flexibility index (Phi) is 9.18. The van der Waals surface area contributed by atoms with Gasteiger partial charge in [-0.1, -0.05) is 12.8 Å². The standard InChI is InChI=1S/C11H21NO/c1-4-11(5-2)12-9-7-6-8-10-13-3/h1,11-12H,5-10H2,2-3H3. The normalized spacial score (nSPS) is 12.4. The first-order valence-corrected chi connectivity index (χ1v) is 5.03. The molecule has 0 heterocycles. The van der Waals surface area contributed by atoms with Crippen molar-refractivity contribution in [3.63, 3.8) is 0 Å². The van der Waals surface area contributed by atoms with Crippen LogP contribution in [-0.2, 0) is 4.74 Å². The van der Waals surface area contributed by atoms with E-state index < -0.39 is 0 Å². The van der Waals surface area contributed by atoms with Gasteiger partial charge in [0.2, 0.25) is 0 Å². The SMILES string of the molecule is C#CC(CC)NCCCCCOC. The molecule has 0 bridgehead atoms. The van der Waals surface area contributed by atoms with E-state index in [1.54, 1.807) is 7.11 Å². The van der Waals surface area contributed by atoms with Gasteiger partial charge in [0.25, 0.3) is 0 Å². The summed E-state index contributed by atoms with van der Waals surface area (Å²) >= 11 is 0. The molecule has 0 aliphatic rings. The van der Waals surface area contributed by atoms with Crippen LogP contribution in [0.2, 0.25) is 0 Å². The van der Waals surface area contributed by atoms with E-state index in [1.165, 1.54) is 12.8 Å². The third-order valence-electron chi connectivity index (χ3n) is 2.03. The van der Waals surface area contributed by atoms with E-state index in [4.69, 9.17) is 11.2 Å². The monoisotopic (exact) mass is 183 g/mol. The highest BCUT2D eigenvalue weighted by atomic mass is 16.5. The lowest BCUT2D eigenvalue weighted by molar-refractivity contribution is 0.192. The summed E-state index contributed by atoms with van der Waals surface area (Å²) in [5.41, 5.74) is 0. The lowest BCUT2D eigenvalue weighted by Crippen LogP contribution is -2.27. The van der Waals surface area contributed by atoms with E-state index in [0.29, 0.717) is 0 Å². The summed E-state index contributed by atoms with van der Waals surface area (Å²) in [4.78, 5) is 0. The molecule has 2 heteroatoms. The maximum Gasteiger partial charge on any atom is 0.0684 e. The Hall–Kier alpha value is -0.520. The van der Waals surface area contributed by atoms with Crippen LogP contribution in [0.3, 0.4) is 0 Å². The van der Waals surface area contributed by atoms with Crippen molar-refractivity contribution in [2.24, 2.45) is 0 Å². The van der Waals surface area contributed by atoms with Gasteiger partial charge >= 0.3 is 0 Å². The minimum atomic E-state index is 0.252. The molecule has 0 rings (SSSR count). The lowest BCUT2D eigenvalue weighted by atomic mass is 10.2. The second-order valence-electron chi connectivity index (χ2n) is 3.14. The lowest BCUT2D eigenvalue weighted by Gasteiger charge is -2.09. The van der Waals surface area contributed by atoms with Crippen molar-refractivity contribution in [2.45, 2.75) is 38.6 Å². The van der Waals surface area contributed by atoms with Crippen molar-refractivity contribution in [3.05, 3.63) is 0 Å². The van der Waals surface area contributed by atoms with Crippen LogP contribution in [0, 0.1) is 12.3 Å². The van der Waals surface area contributed by atoms with Crippen LogP contribution in [-0.4, -0.2) is 26.3 Å². The summed E-state index contributed by atoms with van der Waals surface area (Å²) in [6.07, 6.45) is 9.86. The topological polar surface area (TPSA) is 21.3 Å². The highest BCUT2D eigenvalue weighted by Crippen LogP contribution is 1.95. The van der Waals surface area contributed by atoms with Crippen LogP contribution in [0.1, 0.15) is 32.6 Å². The van der Waals surface area contributed by atoms with Crippen LogP contribution in [0.25, 0.3) is 0 Å². The van der Waals surface area contributed by atoms with E-state index in [1.807, 2.05) is 0 Å². The highest BCUT2D eigenvalue weighted by Gasteiger charge is 1.98. The molecule has 0 aliphatic carbocycles. The Morgan fingerprint density at radius 1 is 1.38 bits per heavy atom. The minimum absolute atomic E-state index is 0.252. The molecule has 2 nitrogen and oxygen atoms in total. The van der Waals surface area contributed by atoms with Crippen molar-refractivity contribution in [3.8, 4) is 12.3 Å². The Balaban J connectivity index is 3.11. The molecule has 0 radical (unpaired) electrons. The van der Waals surface area contributed by atoms with Gasteiger partial charge in [-0.25, -0.2) is 0 Å². The molecular formula is C11H21NO. The summed E-state index contributed by atoms with van der Waals surface area (Å²) in [7, 11) is 1.74. The fourth-order valence-corrected chi connectivity index (χ4v) is 1.15. The fraction of sp³-hybridized carbons (Fsp3) is 0.818. The zero-order chi connectivity index (χ0) is 9.94. The molecule has 0 aromatic heterocycles. The highest BCUT2D eigenvalue weighted by molar-refractivity contribution is 4.97. The molecule has 1 N–H and O–H groups in total. The van der Waals surface area contributed by atoms with Gasteiger partial charge in [-0.15, -0.1) is 6.42 Å². The third kappa shape index (κ3) is 7.83. The molecular weight excluding hydrogens is 162 g/mol. The van der Waals surface area contributed by atoms with Crippen molar-refractivity contribution >= 4 is 0 Å². The van der Waals surface area contributed by atoms with E-state index in [2.05, 4.69) is 18.2 Å². The molecule has 0 aromatic carbocycles. The Morgan fingerprint density at radius 3 is 2.69 bits per heavy atom. The number of nitrogens with one attached hydrogen (secondary N) is 1. The zero-order valence-electron chi connectivity index (χ0n) is 8.81. The van der Waals surface area contributed by atoms with E-state index in [0.717, 1.165) is 26.0 Å². The number of terminal acetylenes is 1. The minimum Gasteiger partial charge on any atom is -0.385 e. The van der Waals surface area contributed by atoms with Gasteiger partial charge in [-0.2, -0.15) is 0 Å². The molecule has 0 aliphatic heterocycles. The predicted molar refractivity (Wildman–Crippen MR) is 56.6 cm³/mol. The van der Waals surface area contributed by atoms with Gasteiger partial charge in [0.1, 0.15) is 0 Å². The molecule has 0 saturated heterocycles. The van der Waals surface area contributed by atoms with Crippen molar-refractivity contribution in [1.82, 2.24) is 5.32 Å². The summed E-state index contributed by atoms with van der Waals surface area (Å²) in [5.74, 6) is 2.72. The summed E-state index contributed by atoms with van der Waals surface area (Å²) in [6, 6.07) is 0.252. The van der Waals surface area contributed by atoms with Gasteiger partial charge in [0, 0.05) is 13.7 Å². The molecule has 1 unspecified atom stereocenters. The second-order valence-corrected chi connectivity index (χ2v) is 3.14. The fourth-order valence-electron chi connectivity index (χ4n) is 1.15. The largest absolute Gasteiger partial charge is 0.385 e. The predicted octanol–water partition coefficient (Wildman–Crippen LogP) is 1.80. The van der Waals surface area contributed by atoms with Gasteiger partial charge in [-0.3, -0.25) is 0 Å². The number of hydrogen-bond acceptors (Lipinski definition) is 2. The molecule has 0 aromatic rings. The number of rotatable bonds is 8. The second kappa shape index (κ2) is 9.57. The molecule has 13 heavy (non-hydrogen) atoms. The first kappa shape index (κ1) is 12.5. The van der Waals surface area contributed by atoms with E-state index >= 15 is 0 Å². The van der Waals surface area contributed by atoms with Crippen molar-refractivity contribution < 1.29 is 4.74 Å². The van der Waals surface area contributed by atoms with Crippen molar-refractivity contribution in [2.75, 3.05) is 20.3 Å². The Morgan fingerprint density at radius 2 is 2.15 bits per heavy atom. The first-order valence-electron chi connectivity index (χ1n) is 5.03. The average molecular weight is 183 g/mol. The summed E-state index contributed by atoms with van der Waals surface area (Å²) in [5, 5.41) is 3.32. The smallest absolute Gasteiger partial charge is 0.0684 e.